The molecule has 1 N–H and O–H groups in total. The minimum atomic E-state index is -2.25. The van der Waals surface area contributed by atoms with Gasteiger partial charge in [-0.15, -0.1) is 0 Å². The predicted octanol–water partition coefficient (Wildman–Crippen LogP) is 2.68. The van der Waals surface area contributed by atoms with Crippen LogP contribution in [0.25, 0.3) is 0 Å². The lowest BCUT2D eigenvalue weighted by molar-refractivity contribution is -0.155. The predicted molar refractivity (Wildman–Crippen MR) is 107 cm³/mol. The molecule has 1 aromatic rings. The Morgan fingerprint density at radius 2 is 1.79 bits per heavy atom. The van der Waals surface area contributed by atoms with Gasteiger partial charge in [-0.05, 0) is 45.0 Å². The number of carbonyl (C=O) groups excluding carboxylic acids is 1. The molecule has 2 heterocycles. The number of esters is 1. The van der Waals surface area contributed by atoms with Gasteiger partial charge in [0.2, 0.25) is 12.0 Å². The van der Waals surface area contributed by atoms with Gasteiger partial charge in [-0.2, -0.15) is 0 Å². The molecule has 0 saturated heterocycles. The molecule has 1 aliphatic rings. The fourth-order valence-electron chi connectivity index (χ4n) is 2.36. The van der Waals surface area contributed by atoms with Crippen molar-refractivity contribution in [3.8, 4) is 0 Å². The summed E-state index contributed by atoms with van der Waals surface area (Å²) >= 11 is 0. The SMILES string of the molecule is CC(C)(C)OC(=O)C1=C[C@@H](O[Si](C)(C)C(C)(C)C)[C@H](n2ccc(=O)[nH]c2=O)O1. The highest BCUT2D eigenvalue weighted by Crippen LogP contribution is 2.40. The quantitative estimate of drug-likeness (QED) is 0.605. The molecule has 1 aliphatic heterocycles. The van der Waals surface area contributed by atoms with Gasteiger partial charge in [0.1, 0.15) is 11.7 Å². The van der Waals surface area contributed by atoms with Crippen LogP contribution >= 0.6 is 0 Å². The largest absolute Gasteiger partial charge is 0.460 e. The maximum Gasteiger partial charge on any atom is 0.373 e. The van der Waals surface area contributed by atoms with Crippen LogP contribution in [0.1, 0.15) is 47.8 Å². The van der Waals surface area contributed by atoms with Crippen molar-refractivity contribution in [2.24, 2.45) is 0 Å². The molecule has 0 amide bonds. The average molecular weight is 411 g/mol. The first kappa shape index (κ1) is 22.2. The second kappa shape index (κ2) is 7.36. The van der Waals surface area contributed by atoms with Crippen LogP contribution in [0, 0.1) is 0 Å². The Kier molecular flexibility index (Phi) is 5.83. The number of nitrogens with one attached hydrogen (secondary N) is 1. The first-order valence-corrected chi connectivity index (χ1v) is 12.1. The lowest BCUT2D eigenvalue weighted by atomic mass is 10.2. The Morgan fingerprint density at radius 1 is 1.18 bits per heavy atom. The van der Waals surface area contributed by atoms with Gasteiger partial charge in [0.05, 0.1) is 0 Å². The number of ether oxygens (including phenoxy) is 2. The summed E-state index contributed by atoms with van der Waals surface area (Å²) in [6.07, 6.45) is 1.30. The Morgan fingerprint density at radius 3 is 2.29 bits per heavy atom. The van der Waals surface area contributed by atoms with Crippen molar-refractivity contribution < 1.29 is 18.7 Å². The number of H-pyrrole nitrogens is 1. The smallest absolute Gasteiger partial charge is 0.373 e. The van der Waals surface area contributed by atoms with Gasteiger partial charge in [-0.25, -0.2) is 9.59 Å². The minimum Gasteiger partial charge on any atom is -0.460 e. The molecule has 0 radical (unpaired) electrons. The molecule has 28 heavy (non-hydrogen) atoms. The summed E-state index contributed by atoms with van der Waals surface area (Å²) in [6.45, 7) is 15.7. The topological polar surface area (TPSA) is 99.6 Å². The molecule has 9 heteroatoms. The number of aromatic nitrogens is 2. The molecule has 0 spiro atoms. The highest BCUT2D eigenvalue weighted by Gasteiger charge is 2.44. The standard InChI is InChI=1S/C19H30N2O6Si/c1-18(2,3)26-16(23)13-11-12(27-28(7,8)19(4,5)6)15(25-13)21-10-9-14(22)20-17(21)24/h9-12,15H,1-8H3,(H,20,22,24)/t12-,15-/m1/s1. The molecule has 156 valence electrons. The van der Waals surface area contributed by atoms with E-state index >= 15 is 0 Å². The van der Waals surface area contributed by atoms with Gasteiger partial charge in [-0.3, -0.25) is 14.3 Å². The van der Waals surface area contributed by atoms with E-state index < -0.39 is 43.5 Å². The van der Waals surface area contributed by atoms with Crippen molar-refractivity contribution in [2.75, 3.05) is 0 Å². The fourth-order valence-corrected chi connectivity index (χ4v) is 3.58. The molecule has 0 unspecified atom stereocenters. The number of hydrogen-bond acceptors (Lipinski definition) is 6. The van der Waals surface area contributed by atoms with E-state index in [4.69, 9.17) is 13.9 Å². The zero-order chi connectivity index (χ0) is 21.5. The maximum atomic E-state index is 12.5. The lowest BCUT2D eigenvalue weighted by Gasteiger charge is -2.39. The highest BCUT2D eigenvalue weighted by molar-refractivity contribution is 6.74. The number of carbonyl (C=O) groups is 1. The first-order chi connectivity index (χ1) is 12.6. The van der Waals surface area contributed by atoms with E-state index in [2.05, 4.69) is 38.8 Å². The molecular formula is C19H30N2O6Si. The van der Waals surface area contributed by atoms with E-state index in [-0.39, 0.29) is 10.8 Å². The van der Waals surface area contributed by atoms with E-state index in [0.717, 1.165) is 0 Å². The Bertz CT molecular complexity index is 885. The number of nitrogens with zero attached hydrogens (tertiary/aromatic N) is 1. The van der Waals surface area contributed by atoms with Crippen LogP contribution in [0.3, 0.4) is 0 Å². The summed E-state index contributed by atoms with van der Waals surface area (Å²) in [7, 11) is -2.25. The van der Waals surface area contributed by atoms with E-state index in [9.17, 15) is 14.4 Å². The minimum absolute atomic E-state index is 0.0123. The zero-order valence-electron chi connectivity index (χ0n) is 17.8. The fraction of sp³-hybridized carbons (Fsp3) is 0.632. The van der Waals surface area contributed by atoms with Crippen molar-refractivity contribution in [3.63, 3.8) is 0 Å². The van der Waals surface area contributed by atoms with Crippen LogP contribution < -0.4 is 11.2 Å². The molecule has 0 saturated carbocycles. The van der Waals surface area contributed by atoms with Gasteiger partial charge in [0.25, 0.3) is 5.56 Å². The maximum absolute atomic E-state index is 12.5. The van der Waals surface area contributed by atoms with Gasteiger partial charge in [0, 0.05) is 12.3 Å². The second-order valence-electron chi connectivity index (χ2n) is 9.40. The summed E-state index contributed by atoms with van der Waals surface area (Å²) in [6, 6.07) is 1.22. The van der Waals surface area contributed by atoms with Crippen molar-refractivity contribution >= 4 is 14.3 Å². The van der Waals surface area contributed by atoms with Crippen LogP contribution in [-0.4, -0.2) is 35.5 Å². The number of hydrogen-bond donors (Lipinski definition) is 1. The third-order valence-corrected chi connectivity index (χ3v) is 9.28. The Balaban J connectivity index is 2.42. The Labute approximate surface area is 165 Å². The molecule has 1 aromatic heterocycles. The van der Waals surface area contributed by atoms with Crippen LogP contribution in [0.2, 0.25) is 18.1 Å². The second-order valence-corrected chi connectivity index (χ2v) is 14.2. The van der Waals surface area contributed by atoms with Crippen molar-refractivity contribution in [1.29, 1.82) is 0 Å². The lowest BCUT2D eigenvalue weighted by Crippen LogP contribution is -2.46. The van der Waals surface area contributed by atoms with Gasteiger partial charge >= 0.3 is 11.7 Å². The monoisotopic (exact) mass is 410 g/mol. The summed E-state index contributed by atoms with van der Waals surface area (Å²) < 4.78 is 18.8. The first-order valence-electron chi connectivity index (χ1n) is 9.22. The van der Waals surface area contributed by atoms with Crippen LogP contribution in [0.4, 0.5) is 0 Å². The summed E-state index contributed by atoms with van der Waals surface area (Å²) in [5.74, 6) is -0.641. The molecule has 8 nitrogen and oxygen atoms in total. The van der Waals surface area contributed by atoms with Crippen molar-refractivity contribution in [1.82, 2.24) is 9.55 Å². The highest BCUT2D eigenvalue weighted by atomic mass is 28.4. The Hall–Kier alpha value is -2.13. The summed E-state index contributed by atoms with van der Waals surface area (Å²) in [5, 5.41) is -0.0873. The van der Waals surface area contributed by atoms with Crippen LogP contribution in [-0.2, 0) is 18.7 Å². The van der Waals surface area contributed by atoms with E-state index in [1.54, 1.807) is 26.8 Å². The van der Waals surface area contributed by atoms with Crippen molar-refractivity contribution in [3.05, 3.63) is 44.9 Å². The zero-order valence-corrected chi connectivity index (χ0v) is 18.8. The normalized spacial score (nSPS) is 20.5. The van der Waals surface area contributed by atoms with Gasteiger partial charge < -0.3 is 13.9 Å². The molecule has 0 bridgehead atoms. The third kappa shape index (κ3) is 5.02. The van der Waals surface area contributed by atoms with Crippen molar-refractivity contribution in [2.45, 2.75) is 77.6 Å². The average Bonchev–Trinajstić information content (AvgIpc) is 2.87. The van der Waals surface area contributed by atoms with Gasteiger partial charge in [-0.1, -0.05) is 20.8 Å². The van der Waals surface area contributed by atoms with Crippen LogP contribution in [0.5, 0.6) is 0 Å². The number of rotatable bonds is 4. The van der Waals surface area contributed by atoms with E-state index in [0.29, 0.717) is 0 Å². The molecule has 0 fully saturated rings. The molecule has 2 rings (SSSR count). The number of aromatic amines is 1. The summed E-state index contributed by atoms with van der Waals surface area (Å²) in [5.41, 5.74) is -1.84. The molecule has 0 aliphatic carbocycles. The van der Waals surface area contributed by atoms with Gasteiger partial charge in [0.15, 0.2) is 8.32 Å². The van der Waals surface area contributed by atoms with Crippen LogP contribution in [0.15, 0.2) is 33.7 Å². The summed E-state index contributed by atoms with van der Waals surface area (Å²) in [4.78, 5) is 38.4. The van der Waals surface area contributed by atoms with E-state index in [1.807, 2.05) is 0 Å². The molecule has 0 aromatic carbocycles. The molecular weight excluding hydrogens is 380 g/mol. The third-order valence-electron chi connectivity index (χ3n) is 4.81. The van der Waals surface area contributed by atoms with E-state index in [1.165, 1.54) is 16.8 Å². The molecule has 2 atom stereocenters.